The summed E-state index contributed by atoms with van der Waals surface area (Å²) in [5.41, 5.74) is 0.644. The highest BCUT2D eigenvalue weighted by Gasteiger charge is 2.52. The predicted molar refractivity (Wildman–Crippen MR) is 97.4 cm³/mol. The lowest BCUT2D eigenvalue weighted by atomic mass is 9.77. The Morgan fingerprint density at radius 1 is 1.28 bits per heavy atom. The Labute approximate surface area is 149 Å². The van der Waals surface area contributed by atoms with Crippen molar-refractivity contribution in [2.75, 3.05) is 13.7 Å². The summed E-state index contributed by atoms with van der Waals surface area (Å²) >= 11 is 0. The van der Waals surface area contributed by atoms with Crippen LogP contribution in [-0.4, -0.2) is 43.0 Å². The summed E-state index contributed by atoms with van der Waals surface area (Å²) < 4.78 is 17.3. The van der Waals surface area contributed by atoms with Gasteiger partial charge in [-0.15, -0.1) is 0 Å². The Bertz CT molecular complexity index is 668. The highest BCUT2D eigenvalue weighted by molar-refractivity contribution is 6.56. The molecule has 1 aromatic rings. The van der Waals surface area contributed by atoms with Gasteiger partial charge in [0.05, 0.1) is 18.3 Å². The van der Waals surface area contributed by atoms with Crippen LogP contribution in [0, 0.1) is 0 Å². The molecular formula is C18H26BNO5. The van der Waals surface area contributed by atoms with Crippen molar-refractivity contribution in [1.29, 1.82) is 0 Å². The van der Waals surface area contributed by atoms with E-state index in [0.29, 0.717) is 12.3 Å². The van der Waals surface area contributed by atoms with E-state index in [1.807, 2.05) is 33.8 Å². The molecule has 0 unspecified atom stereocenters. The SMILES string of the molecule is COc1cc(C=C(CNC(C)=O)B2OC(C)(C)C(C)(C)O2)ccc1O. The molecule has 1 heterocycles. The summed E-state index contributed by atoms with van der Waals surface area (Å²) in [6.45, 7) is 9.68. The average Bonchev–Trinajstić information content (AvgIpc) is 2.73. The lowest BCUT2D eigenvalue weighted by Gasteiger charge is -2.32. The lowest BCUT2D eigenvalue weighted by Crippen LogP contribution is -2.41. The number of hydrogen-bond acceptors (Lipinski definition) is 5. The molecule has 0 radical (unpaired) electrons. The van der Waals surface area contributed by atoms with E-state index in [1.165, 1.54) is 14.0 Å². The molecule has 2 rings (SSSR count). The van der Waals surface area contributed by atoms with Gasteiger partial charge in [-0.1, -0.05) is 12.1 Å². The third-order valence-corrected chi connectivity index (χ3v) is 4.65. The maximum absolute atomic E-state index is 11.3. The molecule has 0 spiro atoms. The normalized spacial score (nSPS) is 19.0. The van der Waals surface area contributed by atoms with Crippen molar-refractivity contribution < 1.29 is 23.9 Å². The van der Waals surface area contributed by atoms with Gasteiger partial charge in [0.25, 0.3) is 0 Å². The number of aromatic hydroxyl groups is 1. The van der Waals surface area contributed by atoms with E-state index in [1.54, 1.807) is 18.2 Å². The molecule has 1 amide bonds. The second-order valence-corrected chi connectivity index (χ2v) is 7.15. The quantitative estimate of drug-likeness (QED) is 0.801. The summed E-state index contributed by atoms with van der Waals surface area (Å²) in [7, 11) is 0.922. The summed E-state index contributed by atoms with van der Waals surface area (Å²) in [6, 6.07) is 5.04. The van der Waals surface area contributed by atoms with Crippen LogP contribution < -0.4 is 10.1 Å². The minimum absolute atomic E-state index is 0.0682. The van der Waals surface area contributed by atoms with E-state index in [-0.39, 0.29) is 11.7 Å². The van der Waals surface area contributed by atoms with E-state index >= 15 is 0 Å². The fourth-order valence-corrected chi connectivity index (χ4v) is 2.42. The first kappa shape index (κ1) is 19.3. The van der Waals surface area contributed by atoms with Gasteiger partial charge in [-0.25, -0.2) is 0 Å². The van der Waals surface area contributed by atoms with Crippen molar-refractivity contribution >= 4 is 19.1 Å². The molecule has 1 saturated heterocycles. The van der Waals surface area contributed by atoms with Gasteiger partial charge >= 0.3 is 7.12 Å². The largest absolute Gasteiger partial charge is 0.504 e. The zero-order valence-electron chi connectivity index (χ0n) is 15.7. The summed E-state index contributed by atoms with van der Waals surface area (Å²) in [6.07, 6.45) is 1.88. The predicted octanol–water partition coefficient (Wildman–Crippen LogP) is 2.55. The molecule has 1 aliphatic rings. The van der Waals surface area contributed by atoms with Crippen LogP contribution in [0.5, 0.6) is 11.5 Å². The van der Waals surface area contributed by atoms with Gasteiger partial charge in [0.15, 0.2) is 11.5 Å². The molecule has 1 fully saturated rings. The van der Waals surface area contributed by atoms with E-state index < -0.39 is 18.3 Å². The van der Waals surface area contributed by atoms with Crippen LogP contribution in [0.25, 0.3) is 6.08 Å². The van der Waals surface area contributed by atoms with Crippen molar-refractivity contribution in [2.24, 2.45) is 0 Å². The minimum atomic E-state index is -0.573. The van der Waals surface area contributed by atoms with Crippen LogP contribution in [-0.2, 0) is 14.1 Å². The molecule has 0 saturated carbocycles. The van der Waals surface area contributed by atoms with Crippen molar-refractivity contribution in [1.82, 2.24) is 5.32 Å². The van der Waals surface area contributed by atoms with E-state index in [2.05, 4.69) is 5.32 Å². The van der Waals surface area contributed by atoms with Crippen molar-refractivity contribution in [3.05, 3.63) is 29.2 Å². The third kappa shape index (κ3) is 4.35. The number of phenols is 1. The minimum Gasteiger partial charge on any atom is -0.504 e. The molecule has 25 heavy (non-hydrogen) atoms. The molecule has 0 bridgehead atoms. The Kier molecular flexibility index (Phi) is 5.49. The number of carbonyl (C=O) groups is 1. The number of phenolic OH excluding ortho intramolecular Hbond substituents is 1. The molecule has 6 nitrogen and oxygen atoms in total. The molecular weight excluding hydrogens is 321 g/mol. The highest BCUT2D eigenvalue weighted by Crippen LogP contribution is 2.39. The van der Waals surface area contributed by atoms with Crippen molar-refractivity contribution in [2.45, 2.75) is 45.8 Å². The fraction of sp³-hybridized carbons (Fsp3) is 0.500. The Morgan fingerprint density at radius 3 is 2.40 bits per heavy atom. The first-order valence-electron chi connectivity index (χ1n) is 8.23. The van der Waals surface area contributed by atoms with E-state index in [4.69, 9.17) is 14.0 Å². The van der Waals surface area contributed by atoms with Crippen LogP contribution >= 0.6 is 0 Å². The second-order valence-electron chi connectivity index (χ2n) is 7.15. The highest BCUT2D eigenvalue weighted by atomic mass is 16.7. The van der Waals surface area contributed by atoms with Crippen LogP contribution in [0.2, 0.25) is 0 Å². The van der Waals surface area contributed by atoms with Crippen molar-refractivity contribution in [3.63, 3.8) is 0 Å². The molecule has 1 aromatic carbocycles. The topological polar surface area (TPSA) is 77.0 Å². The van der Waals surface area contributed by atoms with Gasteiger partial charge in [0.1, 0.15) is 0 Å². The standard InChI is InChI=1S/C18H26BNO5/c1-12(21)20-11-14(19-24-17(2,3)18(4,5)25-19)9-13-7-8-15(22)16(10-13)23-6/h7-10,22H,11H2,1-6H3,(H,20,21). The first-order chi connectivity index (χ1) is 11.6. The van der Waals surface area contributed by atoms with Gasteiger partial charge < -0.3 is 24.5 Å². The number of methoxy groups -OCH3 is 1. The molecule has 0 atom stereocenters. The smallest absolute Gasteiger partial charge is 0.492 e. The molecule has 2 N–H and O–H groups in total. The number of carbonyl (C=O) groups excluding carboxylic acids is 1. The lowest BCUT2D eigenvalue weighted by molar-refractivity contribution is -0.118. The number of benzene rings is 1. The van der Waals surface area contributed by atoms with Crippen LogP contribution in [0.3, 0.4) is 0 Å². The number of rotatable bonds is 5. The zero-order chi connectivity index (χ0) is 18.8. The van der Waals surface area contributed by atoms with E-state index in [9.17, 15) is 9.90 Å². The van der Waals surface area contributed by atoms with Crippen LogP contribution in [0.15, 0.2) is 23.7 Å². The monoisotopic (exact) mass is 347 g/mol. The molecule has 1 aliphatic heterocycles. The van der Waals surface area contributed by atoms with Gasteiger partial charge in [0, 0.05) is 13.5 Å². The maximum atomic E-state index is 11.3. The number of nitrogens with one attached hydrogen (secondary N) is 1. The Balaban J connectivity index is 2.35. The van der Waals surface area contributed by atoms with Gasteiger partial charge in [-0.2, -0.15) is 0 Å². The second kappa shape index (κ2) is 7.10. The zero-order valence-corrected chi connectivity index (χ0v) is 15.7. The Morgan fingerprint density at radius 2 is 1.88 bits per heavy atom. The molecule has 0 aromatic heterocycles. The first-order valence-corrected chi connectivity index (χ1v) is 8.23. The van der Waals surface area contributed by atoms with Crippen LogP contribution in [0.4, 0.5) is 0 Å². The summed E-state index contributed by atoms with van der Waals surface area (Å²) in [5, 5.41) is 12.5. The van der Waals surface area contributed by atoms with Crippen molar-refractivity contribution in [3.8, 4) is 11.5 Å². The summed E-state index contributed by atoms with van der Waals surface area (Å²) in [4.78, 5) is 11.3. The van der Waals surface area contributed by atoms with Gasteiger partial charge in [0.2, 0.25) is 5.91 Å². The van der Waals surface area contributed by atoms with Gasteiger partial charge in [-0.05, 0) is 50.9 Å². The number of hydrogen-bond donors (Lipinski definition) is 2. The molecule has 7 heteroatoms. The third-order valence-electron chi connectivity index (χ3n) is 4.65. The number of ether oxygens (including phenoxy) is 1. The number of amides is 1. The molecule has 0 aliphatic carbocycles. The van der Waals surface area contributed by atoms with E-state index in [0.717, 1.165) is 11.0 Å². The van der Waals surface area contributed by atoms with Crippen LogP contribution in [0.1, 0.15) is 40.2 Å². The average molecular weight is 347 g/mol. The Hall–Kier alpha value is -1.99. The summed E-state index contributed by atoms with van der Waals surface area (Å²) in [5.74, 6) is 0.311. The molecule has 136 valence electrons. The fourth-order valence-electron chi connectivity index (χ4n) is 2.42. The van der Waals surface area contributed by atoms with Gasteiger partial charge in [-0.3, -0.25) is 4.79 Å². The maximum Gasteiger partial charge on any atom is 0.492 e.